The molecule has 0 spiro atoms. The molecular formula is C18H18N4O. The Bertz CT molecular complexity index is 798. The Kier molecular flexibility index (Phi) is 4.10. The van der Waals surface area contributed by atoms with Gasteiger partial charge in [-0.15, -0.1) is 0 Å². The molecule has 0 aliphatic rings. The van der Waals surface area contributed by atoms with Crippen LogP contribution in [0.25, 0.3) is 11.3 Å². The van der Waals surface area contributed by atoms with Crippen LogP contribution in [0.15, 0.2) is 54.9 Å². The summed E-state index contributed by atoms with van der Waals surface area (Å²) in [5, 5.41) is 3.24. The van der Waals surface area contributed by atoms with Gasteiger partial charge in [0.2, 0.25) is 0 Å². The molecule has 3 rings (SSSR count). The second-order valence-corrected chi connectivity index (χ2v) is 5.22. The van der Waals surface area contributed by atoms with Gasteiger partial charge in [0.1, 0.15) is 12.0 Å². The minimum absolute atomic E-state index is 0.605. The lowest BCUT2D eigenvalue weighted by Crippen LogP contribution is -2.01. The zero-order valence-electron chi connectivity index (χ0n) is 13.1. The lowest BCUT2D eigenvalue weighted by atomic mass is 10.1. The maximum Gasteiger partial charge on any atom is 0.187 e. The lowest BCUT2D eigenvalue weighted by Gasteiger charge is -2.13. The van der Waals surface area contributed by atoms with Crippen molar-refractivity contribution in [1.29, 1.82) is 0 Å². The summed E-state index contributed by atoms with van der Waals surface area (Å²) >= 11 is 0. The third kappa shape index (κ3) is 3.23. The number of ether oxygens (including phenoxy) is 1. The molecule has 1 aromatic heterocycles. The fraction of sp³-hybridized carbons (Fsp3) is 0.111. The number of aromatic nitrogens is 2. The van der Waals surface area contributed by atoms with Crippen LogP contribution < -0.4 is 15.8 Å². The maximum absolute atomic E-state index is 5.71. The zero-order chi connectivity index (χ0) is 16.2. The first-order chi connectivity index (χ1) is 11.2. The molecule has 0 aliphatic heterocycles. The van der Waals surface area contributed by atoms with Crippen molar-refractivity contribution in [2.24, 2.45) is 0 Å². The highest BCUT2D eigenvalue weighted by molar-refractivity contribution is 5.75. The van der Waals surface area contributed by atoms with E-state index < -0.39 is 0 Å². The fourth-order valence-electron chi connectivity index (χ4n) is 2.28. The van der Waals surface area contributed by atoms with Crippen molar-refractivity contribution < 1.29 is 4.74 Å². The number of nitrogens with two attached hydrogens (primary N) is 1. The summed E-state index contributed by atoms with van der Waals surface area (Å²) in [6.45, 7) is 2.05. The van der Waals surface area contributed by atoms with E-state index in [1.54, 1.807) is 7.11 Å². The molecule has 23 heavy (non-hydrogen) atoms. The molecule has 0 atom stereocenters. The quantitative estimate of drug-likeness (QED) is 0.717. The number of anilines is 3. The van der Waals surface area contributed by atoms with Crippen LogP contribution in [0.3, 0.4) is 0 Å². The summed E-state index contributed by atoms with van der Waals surface area (Å²) in [7, 11) is 1.62. The van der Waals surface area contributed by atoms with Crippen LogP contribution in [0.1, 0.15) is 5.56 Å². The largest absolute Gasteiger partial charge is 0.491 e. The van der Waals surface area contributed by atoms with Crippen LogP contribution in [-0.4, -0.2) is 17.1 Å². The molecular weight excluding hydrogens is 288 g/mol. The predicted octanol–water partition coefficient (Wildman–Crippen LogP) is 3.79. The molecule has 0 bridgehead atoms. The van der Waals surface area contributed by atoms with Crippen LogP contribution in [0, 0.1) is 6.92 Å². The van der Waals surface area contributed by atoms with Gasteiger partial charge in [0, 0.05) is 16.9 Å². The molecule has 116 valence electrons. The number of nitrogens with one attached hydrogen (secondary N) is 1. The molecule has 0 saturated carbocycles. The Balaban J connectivity index is 1.99. The van der Waals surface area contributed by atoms with Gasteiger partial charge in [-0.2, -0.15) is 0 Å². The fourth-order valence-corrected chi connectivity index (χ4v) is 2.28. The van der Waals surface area contributed by atoms with Crippen LogP contribution in [-0.2, 0) is 0 Å². The molecule has 0 saturated heterocycles. The zero-order valence-corrected chi connectivity index (χ0v) is 13.1. The Morgan fingerprint density at radius 3 is 2.30 bits per heavy atom. The molecule has 2 aromatic carbocycles. The standard InChI is InChI=1S/C18H18N4O/c1-12-3-5-13(6-4-12)16-17(23-2)18(21-11-20-16)22-15-9-7-14(19)8-10-15/h3-11H,19H2,1-2H3,(H,20,21,22). The second kappa shape index (κ2) is 6.36. The van der Waals surface area contributed by atoms with Crippen LogP contribution in [0.5, 0.6) is 5.75 Å². The summed E-state index contributed by atoms with van der Waals surface area (Å²) in [6, 6.07) is 15.6. The van der Waals surface area contributed by atoms with Crippen molar-refractivity contribution in [3.63, 3.8) is 0 Å². The Morgan fingerprint density at radius 1 is 0.957 bits per heavy atom. The summed E-state index contributed by atoms with van der Waals surface area (Å²) in [6.07, 6.45) is 1.53. The van der Waals surface area contributed by atoms with E-state index in [2.05, 4.69) is 22.2 Å². The Hall–Kier alpha value is -3.08. The summed E-state index contributed by atoms with van der Waals surface area (Å²) in [4.78, 5) is 8.66. The average molecular weight is 306 g/mol. The van der Waals surface area contributed by atoms with Gasteiger partial charge in [-0.05, 0) is 31.2 Å². The van der Waals surface area contributed by atoms with Gasteiger partial charge in [-0.1, -0.05) is 29.8 Å². The monoisotopic (exact) mass is 306 g/mol. The van der Waals surface area contributed by atoms with E-state index in [0.29, 0.717) is 17.3 Å². The first kappa shape index (κ1) is 14.8. The molecule has 1 heterocycles. The van der Waals surface area contributed by atoms with Crippen LogP contribution in [0.4, 0.5) is 17.2 Å². The first-order valence-electron chi connectivity index (χ1n) is 7.26. The number of nitrogens with zero attached hydrogens (tertiary/aromatic N) is 2. The second-order valence-electron chi connectivity index (χ2n) is 5.22. The molecule has 0 amide bonds. The maximum atomic E-state index is 5.71. The van der Waals surface area contributed by atoms with Crippen molar-refractivity contribution in [2.45, 2.75) is 6.92 Å². The van der Waals surface area contributed by atoms with Crippen molar-refractivity contribution in [1.82, 2.24) is 9.97 Å². The average Bonchev–Trinajstić information content (AvgIpc) is 2.57. The van der Waals surface area contributed by atoms with Gasteiger partial charge < -0.3 is 15.8 Å². The molecule has 0 fully saturated rings. The van der Waals surface area contributed by atoms with E-state index in [4.69, 9.17) is 10.5 Å². The summed E-state index contributed by atoms with van der Waals surface area (Å²) < 4.78 is 5.54. The SMILES string of the molecule is COc1c(Nc2ccc(N)cc2)ncnc1-c1ccc(C)cc1. The summed E-state index contributed by atoms with van der Waals surface area (Å²) in [5.41, 5.74) is 10.2. The van der Waals surface area contributed by atoms with Crippen molar-refractivity contribution in [3.05, 3.63) is 60.4 Å². The number of nitrogen functional groups attached to an aromatic ring is 1. The predicted molar refractivity (Wildman–Crippen MR) is 92.9 cm³/mol. The molecule has 5 nitrogen and oxygen atoms in total. The number of methoxy groups -OCH3 is 1. The molecule has 5 heteroatoms. The van der Waals surface area contributed by atoms with Crippen molar-refractivity contribution in [2.75, 3.05) is 18.2 Å². The van der Waals surface area contributed by atoms with Gasteiger partial charge in [-0.25, -0.2) is 9.97 Å². The highest BCUT2D eigenvalue weighted by Crippen LogP contribution is 2.34. The highest BCUT2D eigenvalue weighted by Gasteiger charge is 2.14. The van der Waals surface area contributed by atoms with E-state index in [0.717, 1.165) is 16.9 Å². The third-order valence-electron chi connectivity index (χ3n) is 3.51. The van der Waals surface area contributed by atoms with E-state index in [1.807, 2.05) is 48.5 Å². The number of hydrogen-bond donors (Lipinski definition) is 2. The lowest BCUT2D eigenvalue weighted by molar-refractivity contribution is 0.415. The van der Waals surface area contributed by atoms with Crippen molar-refractivity contribution >= 4 is 17.2 Å². The van der Waals surface area contributed by atoms with Crippen molar-refractivity contribution in [3.8, 4) is 17.0 Å². The summed E-state index contributed by atoms with van der Waals surface area (Å²) in [5.74, 6) is 1.22. The minimum atomic E-state index is 0.605. The van der Waals surface area contributed by atoms with Gasteiger partial charge in [0.05, 0.1) is 7.11 Å². The number of aryl methyl sites for hydroxylation is 1. The first-order valence-corrected chi connectivity index (χ1v) is 7.26. The van der Waals surface area contributed by atoms with Gasteiger partial charge in [0.25, 0.3) is 0 Å². The van der Waals surface area contributed by atoms with Gasteiger partial charge >= 0.3 is 0 Å². The number of benzene rings is 2. The van der Waals surface area contributed by atoms with E-state index in [-0.39, 0.29) is 0 Å². The van der Waals surface area contributed by atoms with E-state index in [1.165, 1.54) is 11.9 Å². The Labute approximate surface area is 135 Å². The van der Waals surface area contributed by atoms with Gasteiger partial charge in [0.15, 0.2) is 11.6 Å². The molecule has 0 radical (unpaired) electrons. The van der Waals surface area contributed by atoms with Gasteiger partial charge in [-0.3, -0.25) is 0 Å². The third-order valence-corrected chi connectivity index (χ3v) is 3.51. The minimum Gasteiger partial charge on any atom is -0.491 e. The topological polar surface area (TPSA) is 73.1 Å². The Morgan fingerprint density at radius 2 is 1.65 bits per heavy atom. The number of hydrogen-bond acceptors (Lipinski definition) is 5. The van der Waals surface area contributed by atoms with E-state index >= 15 is 0 Å². The molecule has 0 aliphatic carbocycles. The van der Waals surface area contributed by atoms with E-state index in [9.17, 15) is 0 Å². The smallest absolute Gasteiger partial charge is 0.187 e. The molecule has 0 unspecified atom stereocenters. The molecule has 3 aromatic rings. The van der Waals surface area contributed by atoms with Crippen LogP contribution >= 0.6 is 0 Å². The van der Waals surface area contributed by atoms with Crippen LogP contribution in [0.2, 0.25) is 0 Å². The number of rotatable bonds is 4. The molecule has 3 N–H and O–H groups in total. The normalized spacial score (nSPS) is 10.3. The highest BCUT2D eigenvalue weighted by atomic mass is 16.5.